The summed E-state index contributed by atoms with van der Waals surface area (Å²) in [6.45, 7) is 4.96. The van der Waals surface area contributed by atoms with Gasteiger partial charge in [-0.25, -0.2) is 9.97 Å². The van der Waals surface area contributed by atoms with Crippen LogP contribution in [0, 0.1) is 0 Å². The number of ether oxygens (including phenoxy) is 2. The van der Waals surface area contributed by atoms with Gasteiger partial charge in [-0.15, -0.1) is 0 Å². The average molecular weight is 396 g/mol. The van der Waals surface area contributed by atoms with Crippen LogP contribution >= 0.6 is 0 Å². The van der Waals surface area contributed by atoms with Crippen molar-refractivity contribution in [2.45, 2.75) is 44.8 Å². The van der Waals surface area contributed by atoms with Crippen molar-refractivity contribution in [1.29, 1.82) is 0 Å². The van der Waals surface area contributed by atoms with Crippen LogP contribution in [0.3, 0.4) is 0 Å². The van der Waals surface area contributed by atoms with Gasteiger partial charge < -0.3 is 19.7 Å². The number of nitrogens with one attached hydrogen (secondary N) is 1. The highest BCUT2D eigenvalue weighted by molar-refractivity contribution is 5.81. The van der Waals surface area contributed by atoms with Crippen molar-refractivity contribution in [2.24, 2.45) is 0 Å². The normalized spacial score (nSPS) is 19.9. The van der Waals surface area contributed by atoms with Gasteiger partial charge in [0.25, 0.3) is 5.91 Å². The second kappa shape index (κ2) is 8.78. The fourth-order valence-corrected chi connectivity index (χ4v) is 4.05. The highest BCUT2D eigenvalue weighted by atomic mass is 16.5. The van der Waals surface area contributed by atoms with Crippen LogP contribution in [0.5, 0.6) is 11.5 Å². The first kappa shape index (κ1) is 19.6. The molecule has 154 valence electrons. The molecule has 2 aromatic rings. The summed E-state index contributed by atoms with van der Waals surface area (Å²) in [5.74, 6) is 2.23. The summed E-state index contributed by atoms with van der Waals surface area (Å²) < 4.78 is 11.2. The van der Waals surface area contributed by atoms with E-state index in [1.165, 1.54) is 5.56 Å². The minimum atomic E-state index is -0.583. The Hall–Kier alpha value is -2.67. The van der Waals surface area contributed by atoms with E-state index in [-0.39, 0.29) is 11.8 Å². The number of aromatic nitrogens is 2. The molecule has 0 radical (unpaired) electrons. The van der Waals surface area contributed by atoms with Crippen molar-refractivity contribution in [1.82, 2.24) is 20.2 Å². The largest absolute Gasteiger partial charge is 0.493 e. The number of likely N-dealkylation sites (tertiary alicyclic amines) is 1. The second-order valence-electron chi connectivity index (χ2n) is 7.66. The van der Waals surface area contributed by atoms with Crippen molar-refractivity contribution in [3.05, 3.63) is 47.5 Å². The number of piperidine rings is 1. The Morgan fingerprint density at radius 3 is 2.97 bits per heavy atom. The number of methoxy groups -OCH3 is 1. The first-order chi connectivity index (χ1) is 14.2. The monoisotopic (exact) mass is 396 g/mol. The van der Waals surface area contributed by atoms with Crippen LogP contribution < -0.4 is 14.8 Å². The lowest BCUT2D eigenvalue weighted by Crippen LogP contribution is -2.45. The molecule has 1 fully saturated rings. The number of benzene rings is 1. The predicted molar refractivity (Wildman–Crippen MR) is 109 cm³/mol. The van der Waals surface area contributed by atoms with Crippen LogP contribution in [0.4, 0.5) is 0 Å². The van der Waals surface area contributed by atoms with Gasteiger partial charge in [0.2, 0.25) is 0 Å². The van der Waals surface area contributed by atoms with Crippen molar-refractivity contribution in [3.63, 3.8) is 0 Å². The summed E-state index contributed by atoms with van der Waals surface area (Å²) >= 11 is 0. The van der Waals surface area contributed by atoms with Gasteiger partial charge in [-0.2, -0.15) is 0 Å². The maximum Gasteiger partial charge on any atom is 0.263 e. The first-order valence-electron chi connectivity index (χ1n) is 10.3. The Labute approximate surface area is 171 Å². The molecule has 0 spiro atoms. The summed E-state index contributed by atoms with van der Waals surface area (Å²) in [5, 5.41) is 3.35. The fraction of sp³-hybridized carbons (Fsp3) is 0.500. The highest BCUT2D eigenvalue weighted by Gasteiger charge is 2.30. The number of carbonyl (C=O) groups is 1. The Balaban J connectivity index is 1.43. The summed E-state index contributed by atoms with van der Waals surface area (Å²) in [5.41, 5.74) is 2.33. The van der Waals surface area contributed by atoms with E-state index in [4.69, 9.17) is 14.5 Å². The Morgan fingerprint density at radius 1 is 1.31 bits per heavy atom. The van der Waals surface area contributed by atoms with Gasteiger partial charge >= 0.3 is 0 Å². The molecule has 0 aliphatic carbocycles. The standard InChI is InChI=1S/C22H28N4O3/c1-15(29-20-8-4-3-7-19(20)28-2)22(27)26-11-5-6-16(14-26)21-24-13-17-12-23-10-9-18(17)25-21/h3-4,7-8,13,15-16,23H,5-6,9-12,14H2,1-2H3/t15-,16+/m0/s1. The van der Waals surface area contributed by atoms with Crippen LogP contribution in [0.25, 0.3) is 0 Å². The molecule has 7 nitrogen and oxygen atoms in total. The zero-order valence-corrected chi connectivity index (χ0v) is 17.1. The highest BCUT2D eigenvalue weighted by Crippen LogP contribution is 2.29. The molecule has 7 heteroatoms. The van der Waals surface area contributed by atoms with Crippen LogP contribution in [0.1, 0.15) is 42.8 Å². The lowest BCUT2D eigenvalue weighted by molar-refractivity contribution is -0.139. The third kappa shape index (κ3) is 4.34. The number of hydrogen-bond donors (Lipinski definition) is 1. The minimum absolute atomic E-state index is 0.0113. The van der Waals surface area contributed by atoms with E-state index in [0.29, 0.717) is 18.0 Å². The molecule has 0 unspecified atom stereocenters. The van der Waals surface area contributed by atoms with E-state index in [1.807, 2.05) is 35.4 Å². The average Bonchev–Trinajstić information content (AvgIpc) is 2.78. The Kier molecular flexibility index (Phi) is 5.94. The molecule has 0 saturated carbocycles. The second-order valence-corrected chi connectivity index (χ2v) is 7.66. The van der Waals surface area contributed by atoms with Gasteiger partial charge in [0.15, 0.2) is 17.6 Å². The van der Waals surface area contributed by atoms with Crippen LogP contribution in [-0.4, -0.2) is 53.6 Å². The molecule has 1 saturated heterocycles. The van der Waals surface area contributed by atoms with Gasteiger partial charge in [-0.3, -0.25) is 4.79 Å². The van der Waals surface area contributed by atoms with E-state index < -0.39 is 6.10 Å². The Bertz CT molecular complexity index is 873. The molecular formula is C22H28N4O3. The number of amides is 1. The lowest BCUT2D eigenvalue weighted by atomic mass is 9.96. The summed E-state index contributed by atoms with van der Waals surface area (Å²) in [6, 6.07) is 7.39. The van der Waals surface area contributed by atoms with E-state index in [0.717, 1.165) is 50.4 Å². The molecule has 1 aromatic heterocycles. The predicted octanol–water partition coefficient (Wildman–Crippen LogP) is 2.30. The lowest BCUT2D eigenvalue weighted by Gasteiger charge is -2.34. The van der Waals surface area contributed by atoms with Crippen LogP contribution in [-0.2, 0) is 17.8 Å². The number of para-hydroxylation sites is 2. The molecular weight excluding hydrogens is 368 g/mol. The molecule has 0 bridgehead atoms. The first-order valence-corrected chi connectivity index (χ1v) is 10.3. The quantitative estimate of drug-likeness (QED) is 0.836. The van der Waals surface area contributed by atoms with Crippen molar-refractivity contribution < 1.29 is 14.3 Å². The molecule has 1 N–H and O–H groups in total. The topological polar surface area (TPSA) is 76.6 Å². The zero-order chi connectivity index (χ0) is 20.2. The van der Waals surface area contributed by atoms with Gasteiger partial charge in [0.05, 0.1) is 7.11 Å². The number of carbonyl (C=O) groups excluding carboxylic acids is 1. The van der Waals surface area contributed by atoms with Crippen molar-refractivity contribution >= 4 is 5.91 Å². The van der Waals surface area contributed by atoms with Crippen LogP contribution in [0.2, 0.25) is 0 Å². The zero-order valence-electron chi connectivity index (χ0n) is 17.1. The van der Waals surface area contributed by atoms with Crippen LogP contribution in [0.15, 0.2) is 30.5 Å². The van der Waals surface area contributed by atoms with Gasteiger partial charge in [0.1, 0.15) is 5.82 Å². The molecule has 4 rings (SSSR count). The molecule has 29 heavy (non-hydrogen) atoms. The van der Waals surface area contributed by atoms with Gasteiger partial charge in [0, 0.05) is 56.0 Å². The minimum Gasteiger partial charge on any atom is -0.493 e. The maximum atomic E-state index is 13.0. The third-order valence-electron chi connectivity index (χ3n) is 5.65. The number of fused-ring (bicyclic) bond motifs is 1. The van der Waals surface area contributed by atoms with Gasteiger partial charge in [-0.1, -0.05) is 12.1 Å². The molecule has 3 heterocycles. The molecule has 2 aliphatic heterocycles. The van der Waals surface area contributed by atoms with Crippen molar-refractivity contribution in [2.75, 3.05) is 26.7 Å². The smallest absolute Gasteiger partial charge is 0.263 e. The maximum absolute atomic E-state index is 13.0. The SMILES string of the molecule is COc1ccccc1O[C@@H](C)C(=O)N1CCC[C@@H](c2ncc3c(n2)CCNC3)C1. The molecule has 1 amide bonds. The molecule has 2 atom stereocenters. The van der Waals surface area contributed by atoms with Gasteiger partial charge in [-0.05, 0) is 31.9 Å². The van der Waals surface area contributed by atoms with E-state index in [1.54, 1.807) is 14.0 Å². The summed E-state index contributed by atoms with van der Waals surface area (Å²) in [7, 11) is 1.60. The molecule has 1 aromatic carbocycles. The number of rotatable bonds is 5. The summed E-state index contributed by atoms with van der Waals surface area (Å²) in [4.78, 5) is 24.3. The number of hydrogen-bond acceptors (Lipinski definition) is 6. The van der Waals surface area contributed by atoms with E-state index in [9.17, 15) is 4.79 Å². The molecule has 2 aliphatic rings. The summed E-state index contributed by atoms with van der Waals surface area (Å²) in [6.07, 6.45) is 4.24. The van der Waals surface area contributed by atoms with E-state index in [2.05, 4.69) is 10.3 Å². The Morgan fingerprint density at radius 2 is 2.14 bits per heavy atom. The van der Waals surface area contributed by atoms with Crippen molar-refractivity contribution in [3.8, 4) is 11.5 Å². The fourth-order valence-electron chi connectivity index (χ4n) is 4.05. The van der Waals surface area contributed by atoms with E-state index >= 15 is 0 Å². The third-order valence-corrected chi connectivity index (χ3v) is 5.65. The number of nitrogens with zero attached hydrogens (tertiary/aromatic N) is 3.